The van der Waals surface area contributed by atoms with Crippen molar-refractivity contribution in [2.24, 2.45) is 7.05 Å². The van der Waals surface area contributed by atoms with Gasteiger partial charge in [0.15, 0.2) is 0 Å². The average molecular weight is 270 g/mol. The van der Waals surface area contributed by atoms with Crippen molar-refractivity contribution in [3.05, 3.63) is 48.0 Å². The van der Waals surface area contributed by atoms with Crippen molar-refractivity contribution in [3.8, 4) is 0 Å². The first kappa shape index (κ1) is 12.8. The molecule has 1 fully saturated rings. The predicted octanol–water partition coefficient (Wildman–Crippen LogP) is 1.37. The normalized spacial score (nSPS) is 18.4. The lowest BCUT2D eigenvalue weighted by Gasteiger charge is -2.16. The Hall–Kier alpha value is -2.17. The van der Waals surface area contributed by atoms with Crippen LogP contribution in [0.2, 0.25) is 0 Å². The second kappa shape index (κ2) is 5.45. The van der Waals surface area contributed by atoms with Gasteiger partial charge in [-0.1, -0.05) is 6.07 Å². The van der Waals surface area contributed by atoms with Gasteiger partial charge in [-0.15, -0.1) is 0 Å². The van der Waals surface area contributed by atoms with Crippen molar-refractivity contribution < 1.29 is 4.79 Å². The molecule has 0 aliphatic carbocycles. The van der Waals surface area contributed by atoms with Crippen LogP contribution in [-0.2, 0) is 18.3 Å². The van der Waals surface area contributed by atoms with Gasteiger partial charge in [0, 0.05) is 44.1 Å². The summed E-state index contributed by atoms with van der Waals surface area (Å²) in [7, 11) is 1.86. The third kappa shape index (κ3) is 2.71. The molecule has 1 saturated heterocycles. The molecule has 1 amide bonds. The van der Waals surface area contributed by atoms with Gasteiger partial charge in [-0.3, -0.25) is 14.5 Å². The highest BCUT2D eigenvalue weighted by molar-refractivity contribution is 5.79. The molecule has 1 atom stereocenters. The number of aromatic nitrogens is 3. The Labute approximate surface area is 118 Å². The lowest BCUT2D eigenvalue weighted by Crippen LogP contribution is -2.29. The van der Waals surface area contributed by atoms with Crippen LogP contribution in [-0.4, -0.2) is 38.7 Å². The second-order valence-electron chi connectivity index (χ2n) is 5.28. The Morgan fingerprint density at radius 1 is 1.45 bits per heavy atom. The fourth-order valence-electron chi connectivity index (χ4n) is 2.70. The van der Waals surface area contributed by atoms with E-state index in [2.05, 4.69) is 10.1 Å². The zero-order chi connectivity index (χ0) is 13.9. The minimum absolute atomic E-state index is 0.177. The van der Waals surface area contributed by atoms with Crippen LogP contribution in [0.3, 0.4) is 0 Å². The number of pyridine rings is 1. The molecule has 3 rings (SSSR count). The fraction of sp³-hybridized carbons (Fsp3) is 0.400. The van der Waals surface area contributed by atoms with E-state index >= 15 is 0 Å². The summed E-state index contributed by atoms with van der Waals surface area (Å²) in [4.78, 5) is 18.6. The molecular weight excluding hydrogens is 252 g/mol. The summed E-state index contributed by atoms with van der Waals surface area (Å²) in [6.07, 6.45) is 6.89. The summed E-state index contributed by atoms with van der Waals surface area (Å²) in [6.45, 7) is 1.59. The SMILES string of the molecule is Cn1cc(CC(=O)N2CC[C@@H](c3ccccn3)C2)cn1. The number of carbonyl (C=O) groups excluding carboxylic acids is 1. The molecule has 0 aromatic carbocycles. The number of amides is 1. The number of rotatable bonds is 3. The van der Waals surface area contributed by atoms with Gasteiger partial charge in [0.25, 0.3) is 0 Å². The standard InChI is InChI=1S/C15H18N4O/c1-18-10-12(9-17-18)8-15(20)19-7-5-13(11-19)14-4-2-3-6-16-14/h2-4,6,9-10,13H,5,7-8,11H2,1H3/t13-/m1/s1. The number of aryl methyl sites for hydroxylation is 1. The van der Waals surface area contributed by atoms with E-state index in [1.807, 2.05) is 42.5 Å². The van der Waals surface area contributed by atoms with Gasteiger partial charge in [0.1, 0.15) is 0 Å². The Kier molecular flexibility index (Phi) is 3.50. The largest absolute Gasteiger partial charge is 0.342 e. The molecule has 3 heterocycles. The maximum absolute atomic E-state index is 12.3. The predicted molar refractivity (Wildman–Crippen MR) is 75.1 cm³/mol. The van der Waals surface area contributed by atoms with Crippen molar-refractivity contribution in [3.63, 3.8) is 0 Å². The van der Waals surface area contributed by atoms with Gasteiger partial charge < -0.3 is 4.90 Å². The fourth-order valence-corrected chi connectivity index (χ4v) is 2.70. The molecule has 0 spiro atoms. The molecule has 1 aliphatic rings. The second-order valence-corrected chi connectivity index (χ2v) is 5.28. The monoisotopic (exact) mass is 270 g/mol. The summed E-state index contributed by atoms with van der Waals surface area (Å²) < 4.78 is 1.73. The van der Waals surface area contributed by atoms with Gasteiger partial charge in [-0.05, 0) is 24.1 Å². The molecule has 5 heteroatoms. The number of carbonyl (C=O) groups is 1. The number of hydrogen-bond donors (Lipinski definition) is 0. The Balaban J connectivity index is 1.61. The first-order valence-corrected chi connectivity index (χ1v) is 6.88. The first-order valence-electron chi connectivity index (χ1n) is 6.88. The van der Waals surface area contributed by atoms with E-state index < -0.39 is 0 Å². The number of nitrogens with zero attached hydrogens (tertiary/aromatic N) is 4. The number of likely N-dealkylation sites (tertiary alicyclic amines) is 1. The lowest BCUT2D eigenvalue weighted by molar-refractivity contribution is -0.129. The molecular formula is C15H18N4O. The van der Waals surface area contributed by atoms with E-state index in [0.29, 0.717) is 12.3 Å². The summed E-state index contributed by atoms with van der Waals surface area (Å²) in [6, 6.07) is 5.96. The van der Waals surface area contributed by atoms with E-state index in [4.69, 9.17) is 0 Å². The summed E-state index contributed by atoms with van der Waals surface area (Å²) in [5, 5.41) is 4.09. The van der Waals surface area contributed by atoms with Crippen LogP contribution in [0.5, 0.6) is 0 Å². The van der Waals surface area contributed by atoms with E-state index in [9.17, 15) is 4.79 Å². The topological polar surface area (TPSA) is 51.0 Å². The van der Waals surface area contributed by atoms with Crippen molar-refractivity contribution in [2.75, 3.05) is 13.1 Å². The Bertz CT molecular complexity index is 593. The van der Waals surface area contributed by atoms with Crippen LogP contribution in [0.4, 0.5) is 0 Å². The highest BCUT2D eigenvalue weighted by atomic mass is 16.2. The number of hydrogen-bond acceptors (Lipinski definition) is 3. The molecule has 1 aliphatic heterocycles. The zero-order valence-corrected chi connectivity index (χ0v) is 11.6. The molecule has 0 unspecified atom stereocenters. The van der Waals surface area contributed by atoms with E-state index in [0.717, 1.165) is 30.8 Å². The van der Waals surface area contributed by atoms with E-state index in [1.165, 1.54) is 0 Å². The van der Waals surface area contributed by atoms with E-state index in [-0.39, 0.29) is 5.91 Å². The highest BCUT2D eigenvalue weighted by Gasteiger charge is 2.27. The van der Waals surface area contributed by atoms with Crippen LogP contribution in [0, 0.1) is 0 Å². The molecule has 0 saturated carbocycles. The molecule has 2 aromatic rings. The summed E-state index contributed by atoms with van der Waals surface area (Å²) >= 11 is 0. The van der Waals surface area contributed by atoms with Gasteiger partial charge in [0.2, 0.25) is 5.91 Å². The molecule has 5 nitrogen and oxygen atoms in total. The van der Waals surface area contributed by atoms with Crippen LogP contribution < -0.4 is 0 Å². The molecule has 20 heavy (non-hydrogen) atoms. The Morgan fingerprint density at radius 3 is 3.05 bits per heavy atom. The van der Waals surface area contributed by atoms with Crippen LogP contribution in [0.25, 0.3) is 0 Å². The lowest BCUT2D eigenvalue weighted by atomic mass is 10.0. The Morgan fingerprint density at radius 2 is 2.35 bits per heavy atom. The van der Waals surface area contributed by atoms with Crippen molar-refractivity contribution in [1.29, 1.82) is 0 Å². The quantitative estimate of drug-likeness (QED) is 0.846. The van der Waals surface area contributed by atoms with Crippen LogP contribution >= 0.6 is 0 Å². The van der Waals surface area contributed by atoms with Gasteiger partial charge in [0.05, 0.1) is 12.6 Å². The maximum atomic E-state index is 12.3. The third-order valence-electron chi connectivity index (χ3n) is 3.76. The highest BCUT2D eigenvalue weighted by Crippen LogP contribution is 2.25. The average Bonchev–Trinajstić information content (AvgIpc) is 3.09. The van der Waals surface area contributed by atoms with Crippen LogP contribution in [0.15, 0.2) is 36.8 Å². The zero-order valence-electron chi connectivity index (χ0n) is 11.6. The van der Waals surface area contributed by atoms with E-state index in [1.54, 1.807) is 10.9 Å². The smallest absolute Gasteiger partial charge is 0.227 e. The van der Waals surface area contributed by atoms with Gasteiger partial charge in [-0.25, -0.2) is 0 Å². The molecule has 0 bridgehead atoms. The minimum atomic E-state index is 0.177. The van der Waals surface area contributed by atoms with Gasteiger partial charge in [-0.2, -0.15) is 5.10 Å². The first-order chi connectivity index (χ1) is 9.72. The third-order valence-corrected chi connectivity index (χ3v) is 3.76. The van der Waals surface area contributed by atoms with Crippen LogP contribution in [0.1, 0.15) is 23.6 Å². The minimum Gasteiger partial charge on any atom is -0.342 e. The van der Waals surface area contributed by atoms with Crippen molar-refractivity contribution >= 4 is 5.91 Å². The van der Waals surface area contributed by atoms with Crippen molar-refractivity contribution in [1.82, 2.24) is 19.7 Å². The summed E-state index contributed by atoms with van der Waals surface area (Å²) in [5.41, 5.74) is 2.06. The molecule has 104 valence electrons. The molecule has 0 radical (unpaired) electrons. The maximum Gasteiger partial charge on any atom is 0.227 e. The molecule has 2 aromatic heterocycles. The molecule has 0 N–H and O–H groups in total. The van der Waals surface area contributed by atoms with Gasteiger partial charge >= 0.3 is 0 Å². The van der Waals surface area contributed by atoms with Crippen molar-refractivity contribution in [2.45, 2.75) is 18.8 Å². The summed E-state index contributed by atoms with van der Waals surface area (Å²) in [5.74, 6) is 0.547.